The van der Waals surface area contributed by atoms with E-state index in [2.05, 4.69) is 10.2 Å². The van der Waals surface area contributed by atoms with Crippen LogP contribution >= 0.6 is 0 Å². The largest absolute Gasteiger partial charge is 0.439 e. The van der Waals surface area contributed by atoms with Gasteiger partial charge < -0.3 is 29.7 Å². The Balaban J connectivity index is 1.04. The maximum absolute atomic E-state index is 12.6. The zero-order valence-corrected chi connectivity index (χ0v) is 19.8. The summed E-state index contributed by atoms with van der Waals surface area (Å²) in [6, 6.07) is 8.42. The summed E-state index contributed by atoms with van der Waals surface area (Å²) in [5.74, 6) is -0.105. The molecule has 9 heteroatoms. The minimum atomic E-state index is -0.438. The number of urea groups is 1. The van der Waals surface area contributed by atoms with Gasteiger partial charge in [0, 0.05) is 50.5 Å². The van der Waals surface area contributed by atoms with E-state index in [0.717, 1.165) is 37.2 Å². The molecule has 4 heterocycles. The summed E-state index contributed by atoms with van der Waals surface area (Å²) in [6.07, 6.45) is 5.53. The van der Waals surface area contributed by atoms with E-state index in [-0.39, 0.29) is 24.6 Å². The van der Waals surface area contributed by atoms with E-state index >= 15 is 0 Å². The first-order valence-corrected chi connectivity index (χ1v) is 12.7. The molecule has 184 valence electrons. The van der Waals surface area contributed by atoms with Gasteiger partial charge >= 0.3 is 12.1 Å². The lowest BCUT2D eigenvalue weighted by Gasteiger charge is -2.40. The Morgan fingerprint density at radius 3 is 2.26 bits per heavy atom. The number of amides is 4. The van der Waals surface area contributed by atoms with Gasteiger partial charge in [-0.3, -0.25) is 4.79 Å². The van der Waals surface area contributed by atoms with Gasteiger partial charge in [0.15, 0.2) is 6.61 Å². The van der Waals surface area contributed by atoms with Crippen LogP contribution in [0.4, 0.5) is 15.3 Å². The Bertz CT molecular complexity index is 902. The summed E-state index contributed by atoms with van der Waals surface area (Å²) < 4.78 is 5.36. The number of anilines is 1. The minimum absolute atomic E-state index is 0.0796. The molecule has 1 aromatic rings. The molecule has 4 aliphatic heterocycles. The van der Waals surface area contributed by atoms with Crippen molar-refractivity contribution in [1.82, 2.24) is 19.6 Å². The molecule has 3 saturated heterocycles. The lowest BCUT2D eigenvalue weighted by atomic mass is 10.0. The molecule has 0 aliphatic carbocycles. The van der Waals surface area contributed by atoms with Crippen LogP contribution in [0.25, 0.3) is 0 Å². The SMILES string of the molecule is O=C(COC(=O)N1CCC(N2Cc3ccccc3NC2=O)CC1)N1CCC(N2CCCC2)CC1. The fourth-order valence-corrected chi connectivity index (χ4v) is 5.77. The van der Waals surface area contributed by atoms with Gasteiger partial charge in [-0.05, 0) is 63.2 Å². The molecule has 5 rings (SSSR count). The topological polar surface area (TPSA) is 85.4 Å². The van der Waals surface area contributed by atoms with Crippen molar-refractivity contribution < 1.29 is 19.1 Å². The lowest BCUT2D eigenvalue weighted by molar-refractivity contribution is -0.136. The van der Waals surface area contributed by atoms with Gasteiger partial charge in [-0.1, -0.05) is 18.2 Å². The van der Waals surface area contributed by atoms with E-state index in [1.165, 1.54) is 25.9 Å². The van der Waals surface area contributed by atoms with Crippen molar-refractivity contribution in [2.45, 2.75) is 57.2 Å². The molecule has 0 radical (unpaired) electrons. The number of piperidine rings is 2. The van der Waals surface area contributed by atoms with Gasteiger partial charge in [-0.2, -0.15) is 0 Å². The number of carbonyl (C=O) groups is 3. The molecular weight excluding hydrogens is 434 g/mol. The fraction of sp³-hybridized carbons (Fsp3) is 0.640. The van der Waals surface area contributed by atoms with E-state index in [0.29, 0.717) is 38.5 Å². The van der Waals surface area contributed by atoms with Crippen LogP contribution in [0.5, 0.6) is 0 Å². The second-order valence-electron chi connectivity index (χ2n) is 9.84. The van der Waals surface area contributed by atoms with Crippen LogP contribution in [0.3, 0.4) is 0 Å². The molecule has 1 aromatic carbocycles. The molecule has 3 fully saturated rings. The predicted molar refractivity (Wildman–Crippen MR) is 127 cm³/mol. The Morgan fingerprint density at radius 1 is 0.882 bits per heavy atom. The molecule has 0 aromatic heterocycles. The molecule has 0 spiro atoms. The molecule has 4 amide bonds. The zero-order valence-electron chi connectivity index (χ0n) is 19.8. The highest BCUT2D eigenvalue weighted by molar-refractivity contribution is 5.92. The second-order valence-corrected chi connectivity index (χ2v) is 9.84. The van der Waals surface area contributed by atoms with E-state index < -0.39 is 6.09 Å². The summed E-state index contributed by atoms with van der Waals surface area (Å²) in [5, 5.41) is 2.96. The van der Waals surface area contributed by atoms with Crippen molar-refractivity contribution in [3.8, 4) is 0 Å². The molecule has 0 unspecified atom stereocenters. The predicted octanol–water partition coefficient (Wildman–Crippen LogP) is 2.72. The number of nitrogens with zero attached hydrogens (tertiary/aromatic N) is 4. The standard InChI is InChI=1S/C25H35N5O4/c31-23(28-13-7-20(8-14-28)27-11-3-4-12-27)18-34-25(33)29-15-9-21(10-16-29)30-17-19-5-1-2-6-22(19)26-24(30)32/h1-2,5-6,20-21H,3-4,7-18H2,(H,26,32). The highest BCUT2D eigenvalue weighted by atomic mass is 16.6. The third kappa shape index (κ3) is 4.99. The van der Waals surface area contributed by atoms with E-state index in [9.17, 15) is 14.4 Å². The van der Waals surface area contributed by atoms with Gasteiger partial charge in [0.05, 0.1) is 0 Å². The number of hydrogen-bond donors (Lipinski definition) is 1. The first-order valence-electron chi connectivity index (χ1n) is 12.7. The normalized spacial score (nSPS) is 22.5. The third-order valence-electron chi connectivity index (χ3n) is 7.82. The summed E-state index contributed by atoms with van der Waals surface area (Å²) in [4.78, 5) is 45.6. The van der Waals surface area contributed by atoms with E-state index in [4.69, 9.17) is 4.74 Å². The maximum Gasteiger partial charge on any atom is 0.410 e. The molecular formula is C25H35N5O4. The summed E-state index contributed by atoms with van der Waals surface area (Å²) in [7, 11) is 0. The van der Waals surface area contributed by atoms with Crippen LogP contribution in [0.15, 0.2) is 24.3 Å². The molecule has 4 aliphatic rings. The highest BCUT2D eigenvalue weighted by Crippen LogP contribution is 2.28. The quantitative estimate of drug-likeness (QED) is 0.733. The average Bonchev–Trinajstić information content (AvgIpc) is 3.42. The van der Waals surface area contributed by atoms with Crippen LogP contribution < -0.4 is 5.32 Å². The van der Waals surface area contributed by atoms with Crippen molar-refractivity contribution in [3.05, 3.63) is 29.8 Å². The number of fused-ring (bicyclic) bond motifs is 1. The Labute approximate surface area is 201 Å². The lowest BCUT2D eigenvalue weighted by Crippen LogP contribution is -2.51. The Morgan fingerprint density at radius 2 is 1.53 bits per heavy atom. The molecule has 9 nitrogen and oxygen atoms in total. The number of likely N-dealkylation sites (tertiary alicyclic amines) is 3. The molecule has 0 atom stereocenters. The maximum atomic E-state index is 12.6. The first kappa shape index (κ1) is 23.0. The number of para-hydroxylation sites is 1. The van der Waals surface area contributed by atoms with Crippen LogP contribution in [0.1, 0.15) is 44.1 Å². The number of nitrogens with one attached hydrogen (secondary N) is 1. The zero-order chi connectivity index (χ0) is 23.5. The number of carbonyl (C=O) groups excluding carboxylic acids is 3. The fourth-order valence-electron chi connectivity index (χ4n) is 5.77. The summed E-state index contributed by atoms with van der Waals surface area (Å²) in [6.45, 7) is 5.27. The van der Waals surface area contributed by atoms with Gasteiger partial charge in [-0.25, -0.2) is 9.59 Å². The summed E-state index contributed by atoms with van der Waals surface area (Å²) in [5.41, 5.74) is 1.97. The van der Waals surface area contributed by atoms with Gasteiger partial charge in [-0.15, -0.1) is 0 Å². The first-order chi connectivity index (χ1) is 16.6. The van der Waals surface area contributed by atoms with Crippen molar-refractivity contribution in [3.63, 3.8) is 0 Å². The van der Waals surface area contributed by atoms with Crippen LogP contribution in [0.2, 0.25) is 0 Å². The van der Waals surface area contributed by atoms with Crippen LogP contribution in [0, 0.1) is 0 Å². The molecule has 0 bridgehead atoms. The van der Waals surface area contributed by atoms with Gasteiger partial charge in [0.2, 0.25) is 0 Å². The smallest absolute Gasteiger partial charge is 0.410 e. The van der Waals surface area contributed by atoms with E-state index in [1.807, 2.05) is 34.1 Å². The molecule has 0 saturated carbocycles. The van der Waals surface area contributed by atoms with Crippen LogP contribution in [-0.4, -0.2) is 95.6 Å². The Kier molecular flexibility index (Phi) is 6.89. The van der Waals surface area contributed by atoms with Gasteiger partial charge in [0.1, 0.15) is 0 Å². The van der Waals surface area contributed by atoms with Crippen molar-refractivity contribution in [2.75, 3.05) is 51.2 Å². The van der Waals surface area contributed by atoms with E-state index in [1.54, 1.807) is 4.90 Å². The van der Waals surface area contributed by atoms with Crippen LogP contribution in [-0.2, 0) is 16.1 Å². The van der Waals surface area contributed by atoms with Crippen molar-refractivity contribution >= 4 is 23.7 Å². The van der Waals surface area contributed by atoms with Crippen molar-refractivity contribution in [1.29, 1.82) is 0 Å². The highest BCUT2D eigenvalue weighted by Gasteiger charge is 2.33. The number of rotatable bonds is 4. The monoisotopic (exact) mass is 469 g/mol. The number of benzene rings is 1. The number of hydrogen-bond acceptors (Lipinski definition) is 5. The Hall–Kier alpha value is -2.81. The van der Waals surface area contributed by atoms with Crippen molar-refractivity contribution in [2.24, 2.45) is 0 Å². The molecule has 1 N–H and O–H groups in total. The minimum Gasteiger partial charge on any atom is -0.439 e. The average molecular weight is 470 g/mol. The summed E-state index contributed by atoms with van der Waals surface area (Å²) >= 11 is 0. The second kappa shape index (κ2) is 10.2. The van der Waals surface area contributed by atoms with Gasteiger partial charge in [0.25, 0.3) is 5.91 Å². The number of ether oxygens (including phenoxy) is 1. The third-order valence-corrected chi connectivity index (χ3v) is 7.82. The molecule has 34 heavy (non-hydrogen) atoms.